The average Bonchev–Trinajstić information content (AvgIpc) is 2.26. The first kappa shape index (κ1) is 12.6. The lowest BCUT2D eigenvalue weighted by Crippen LogP contribution is -2.00. The molecule has 1 rings (SSSR count). The van der Waals surface area contributed by atoms with Crippen molar-refractivity contribution in [3.05, 3.63) is 39.7 Å². The van der Waals surface area contributed by atoms with E-state index in [1.807, 2.05) is 5.92 Å². The smallest absolute Gasteiger partial charge is 0.384 e. The van der Waals surface area contributed by atoms with Crippen LogP contribution in [0.1, 0.15) is 12.5 Å². The summed E-state index contributed by atoms with van der Waals surface area (Å²) in [7, 11) is 0. The number of benzene rings is 1. The molecule has 0 spiro atoms. The van der Waals surface area contributed by atoms with Gasteiger partial charge in [-0.2, -0.15) is 4.39 Å². The molecule has 0 amide bonds. The molecular weight excluding hydrogens is 229 g/mol. The van der Waals surface area contributed by atoms with Crippen molar-refractivity contribution in [1.82, 2.24) is 0 Å². The van der Waals surface area contributed by atoms with Crippen LogP contribution in [0.4, 0.5) is 10.1 Å². The molecule has 6 heteroatoms. The molecule has 5 nitrogen and oxygen atoms in total. The summed E-state index contributed by atoms with van der Waals surface area (Å²) in [5.41, 5.74) is -0.910. The predicted molar refractivity (Wildman–Crippen MR) is 56.6 cm³/mol. The molecule has 0 bridgehead atoms. The van der Waals surface area contributed by atoms with Crippen molar-refractivity contribution in [2.45, 2.75) is 6.92 Å². The Bertz CT molecular complexity index is 516. The van der Waals surface area contributed by atoms with Crippen LogP contribution in [0, 0.1) is 27.8 Å². The minimum absolute atomic E-state index is 0.152. The second kappa shape index (κ2) is 5.61. The normalized spacial score (nSPS) is 9.06. The van der Waals surface area contributed by atoms with Gasteiger partial charge in [0, 0.05) is 5.92 Å². The van der Waals surface area contributed by atoms with Gasteiger partial charge in [-0.1, -0.05) is 6.07 Å². The predicted octanol–water partition coefficient (Wildman–Crippen LogP) is 1.65. The average molecular weight is 237 g/mol. The molecule has 0 fully saturated rings. The Labute approximate surface area is 96.3 Å². The number of nitrogens with zero attached hydrogens (tertiary/aromatic N) is 1. The molecule has 88 valence electrons. The number of nitro groups is 1. The molecule has 0 aliphatic carbocycles. The maximum atomic E-state index is 13.1. The van der Waals surface area contributed by atoms with Crippen LogP contribution < -0.4 is 0 Å². The molecule has 0 saturated carbocycles. The molecule has 0 aliphatic rings. The van der Waals surface area contributed by atoms with Gasteiger partial charge in [-0.15, -0.1) is 0 Å². The number of carbonyl (C=O) groups excluding carboxylic acids is 1. The van der Waals surface area contributed by atoms with Crippen molar-refractivity contribution in [3.8, 4) is 11.8 Å². The largest absolute Gasteiger partial charge is 0.456 e. The van der Waals surface area contributed by atoms with Crippen LogP contribution in [0.15, 0.2) is 18.2 Å². The fourth-order valence-electron chi connectivity index (χ4n) is 1.09. The Hall–Kier alpha value is -2.42. The van der Waals surface area contributed by atoms with E-state index in [9.17, 15) is 19.3 Å². The van der Waals surface area contributed by atoms with Gasteiger partial charge in [-0.05, 0) is 25.0 Å². The Morgan fingerprint density at radius 1 is 1.59 bits per heavy atom. The summed E-state index contributed by atoms with van der Waals surface area (Å²) in [5, 5.41) is 10.6. The highest BCUT2D eigenvalue weighted by atomic mass is 19.1. The minimum atomic E-state index is -0.995. The highest BCUT2D eigenvalue weighted by molar-refractivity contribution is 5.89. The molecule has 0 radical (unpaired) electrons. The highest BCUT2D eigenvalue weighted by Gasteiger charge is 2.18. The number of hydrogen-bond acceptors (Lipinski definition) is 4. The number of esters is 1. The summed E-state index contributed by atoms with van der Waals surface area (Å²) >= 11 is 0. The Balaban J connectivity index is 3.11. The van der Waals surface area contributed by atoms with Crippen LogP contribution in [0.25, 0.3) is 0 Å². The zero-order valence-corrected chi connectivity index (χ0v) is 8.90. The first-order chi connectivity index (χ1) is 8.06. The fraction of sp³-hybridized carbons (Fsp3) is 0.182. The van der Waals surface area contributed by atoms with Gasteiger partial charge >= 0.3 is 11.7 Å². The van der Waals surface area contributed by atoms with Crippen molar-refractivity contribution in [3.63, 3.8) is 0 Å². The van der Waals surface area contributed by atoms with Gasteiger partial charge in [-0.3, -0.25) is 10.1 Å². The zero-order valence-electron chi connectivity index (χ0n) is 8.90. The SMILES string of the molecule is CCOC(=O)C#Cc1cccc(F)c1[N+](=O)[O-]. The van der Waals surface area contributed by atoms with Gasteiger partial charge in [0.25, 0.3) is 0 Å². The lowest BCUT2D eigenvalue weighted by atomic mass is 10.2. The minimum Gasteiger partial charge on any atom is -0.456 e. The van der Waals surface area contributed by atoms with E-state index < -0.39 is 22.4 Å². The van der Waals surface area contributed by atoms with Crippen molar-refractivity contribution in [2.24, 2.45) is 0 Å². The van der Waals surface area contributed by atoms with Crippen LogP contribution in [0.3, 0.4) is 0 Å². The lowest BCUT2D eigenvalue weighted by Gasteiger charge is -1.96. The van der Waals surface area contributed by atoms with Gasteiger partial charge in [0.2, 0.25) is 5.82 Å². The van der Waals surface area contributed by atoms with Gasteiger partial charge in [0.1, 0.15) is 5.56 Å². The van der Waals surface area contributed by atoms with Gasteiger partial charge in [-0.25, -0.2) is 4.79 Å². The molecule has 0 aromatic heterocycles. The summed E-state index contributed by atoms with van der Waals surface area (Å²) in [5.74, 6) is 2.45. The number of hydrogen-bond donors (Lipinski definition) is 0. The van der Waals surface area contributed by atoms with Crippen LogP contribution in [-0.4, -0.2) is 17.5 Å². The van der Waals surface area contributed by atoms with E-state index >= 15 is 0 Å². The Kier molecular flexibility index (Phi) is 4.17. The molecule has 0 unspecified atom stereocenters. The summed E-state index contributed by atoms with van der Waals surface area (Å²) < 4.78 is 17.7. The fourth-order valence-corrected chi connectivity index (χ4v) is 1.09. The van der Waals surface area contributed by atoms with E-state index in [1.54, 1.807) is 6.92 Å². The molecule has 0 heterocycles. The number of halogens is 1. The molecule has 0 N–H and O–H groups in total. The highest BCUT2D eigenvalue weighted by Crippen LogP contribution is 2.21. The van der Waals surface area contributed by atoms with Crippen molar-refractivity contribution in [1.29, 1.82) is 0 Å². The topological polar surface area (TPSA) is 69.4 Å². The number of ether oxygens (including phenoxy) is 1. The van der Waals surface area contributed by atoms with E-state index in [-0.39, 0.29) is 12.2 Å². The van der Waals surface area contributed by atoms with Crippen LogP contribution >= 0.6 is 0 Å². The van der Waals surface area contributed by atoms with Gasteiger partial charge < -0.3 is 4.74 Å². The lowest BCUT2D eigenvalue weighted by molar-refractivity contribution is -0.387. The second-order valence-electron chi connectivity index (χ2n) is 2.86. The standard InChI is InChI=1S/C11H8FNO4/c1-2-17-10(14)7-6-8-4-3-5-9(12)11(8)13(15)16/h3-5H,2H2,1H3. The number of para-hydroxylation sites is 1. The van der Waals surface area contributed by atoms with E-state index in [0.29, 0.717) is 0 Å². The third kappa shape index (κ3) is 3.28. The molecule has 1 aromatic carbocycles. The second-order valence-corrected chi connectivity index (χ2v) is 2.86. The van der Waals surface area contributed by atoms with E-state index in [0.717, 1.165) is 6.07 Å². The van der Waals surface area contributed by atoms with Crippen LogP contribution in [0.2, 0.25) is 0 Å². The summed E-state index contributed by atoms with van der Waals surface area (Å²) in [6.45, 7) is 1.75. The maximum Gasteiger partial charge on any atom is 0.384 e. The molecule has 0 atom stereocenters. The monoisotopic (exact) mass is 237 g/mol. The zero-order chi connectivity index (χ0) is 12.8. The molecule has 0 aliphatic heterocycles. The first-order valence-electron chi connectivity index (χ1n) is 4.68. The van der Waals surface area contributed by atoms with Crippen LogP contribution in [0.5, 0.6) is 0 Å². The third-order valence-corrected chi connectivity index (χ3v) is 1.74. The quantitative estimate of drug-likeness (QED) is 0.339. The summed E-state index contributed by atoms with van der Waals surface area (Å²) in [6, 6.07) is 3.48. The number of rotatable bonds is 2. The van der Waals surface area contributed by atoms with E-state index in [2.05, 4.69) is 10.7 Å². The summed E-state index contributed by atoms with van der Waals surface area (Å²) in [6.07, 6.45) is 0. The molecule has 1 aromatic rings. The van der Waals surface area contributed by atoms with Crippen LogP contribution in [-0.2, 0) is 9.53 Å². The van der Waals surface area contributed by atoms with E-state index in [1.165, 1.54) is 12.1 Å². The molecule has 0 saturated heterocycles. The Morgan fingerprint density at radius 2 is 2.29 bits per heavy atom. The molecule has 17 heavy (non-hydrogen) atoms. The number of carbonyl (C=O) groups is 1. The van der Waals surface area contributed by atoms with Gasteiger partial charge in [0.15, 0.2) is 0 Å². The maximum absolute atomic E-state index is 13.1. The van der Waals surface area contributed by atoms with Crippen molar-refractivity contribution >= 4 is 11.7 Å². The summed E-state index contributed by atoms with van der Waals surface area (Å²) in [4.78, 5) is 20.6. The number of nitro benzene ring substituents is 1. The first-order valence-corrected chi connectivity index (χ1v) is 4.68. The van der Waals surface area contributed by atoms with Crippen molar-refractivity contribution < 1.29 is 18.8 Å². The Morgan fingerprint density at radius 3 is 2.88 bits per heavy atom. The van der Waals surface area contributed by atoms with E-state index in [4.69, 9.17) is 0 Å². The van der Waals surface area contributed by atoms with Gasteiger partial charge in [0.05, 0.1) is 11.5 Å². The van der Waals surface area contributed by atoms with Crippen molar-refractivity contribution in [2.75, 3.05) is 6.61 Å². The third-order valence-electron chi connectivity index (χ3n) is 1.74. The molecular formula is C11H8FNO4.